The van der Waals surface area contributed by atoms with Gasteiger partial charge < -0.3 is 14.2 Å². The molecule has 0 amide bonds. The molecule has 2 heterocycles. The highest BCUT2D eigenvalue weighted by Gasteiger charge is 2.14. The summed E-state index contributed by atoms with van der Waals surface area (Å²) in [6.45, 7) is 2.46. The van der Waals surface area contributed by atoms with Crippen molar-refractivity contribution in [3.63, 3.8) is 0 Å². The molecule has 1 aromatic heterocycles. The molecule has 0 N–H and O–H groups in total. The smallest absolute Gasteiger partial charge is 0.158 e. The minimum absolute atomic E-state index is 0.0933. The van der Waals surface area contributed by atoms with Crippen molar-refractivity contribution < 1.29 is 14.2 Å². The van der Waals surface area contributed by atoms with Crippen LogP contribution in [0.1, 0.15) is 30.5 Å². The van der Waals surface area contributed by atoms with Crippen molar-refractivity contribution in [1.82, 2.24) is 4.98 Å². The van der Waals surface area contributed by atoms with E-state index in [4.69, 9.17) is 19.7 Å². The summed E-state index contributed by atoms with van der Waals surface area (Å²) in [5, 5.41) is 3.40. The van der Waals surface area contributed by atoms with E-state index in [-0.39, 0.29) is 6.29 Å². The van der Waals surface area contributed by atoms with Crippen molar-refractivity contribution in [3.05, 3.63) is 40.0 Å². The minimum atomic E-state index is -0.0933. The second-order valence-electron chi connectivity index (χ2n) is 4.77. The summed E-state index contributed by atoms with van der Waals surface area (Å²) in [5.74, 6) is 0. The zero-order valence-electron chi connectivity index (χ0n) is 12.0. The Hall–Kier alpha value is -1.66. The van der Waals surface area contributed by atoms with Crippen molar-refractivity contribution in [3.8, 4) is 0 Å². The van der Waals surface area contributed by atoms with Gasteiger partial charge in [-0.1, -0.05) is 11.2 Å². The van der Waals surface area contributed by atoms with Crippen LogP contribution >= 0.6 is 0 Å². The van der Waals surface area contributed by atoms with E-state index in [0.29, 0.717) is 26.4 Å². The van der Waals surface area contributed by atoms with Gasteiger partial charge in [0.15, 0.2) is 6.29 Å². The lowest BCUT2D eigenvalue weighted by atomic mass is 10.2. The zero-order chi connectivity index (χ0) is 14.8. The van der Waals surface area contributed by atoms with Crippen LogP contribution in [0.15, 0.2) is 23.4 Å². The standard InChI is InChI=1S/C14H20N4O3/c15-18-17-6-8-19-10-12-4-5-13(16-9-12)11-21-14-3-1-2-7-20-14/h4-5,9,14H,1-3,6-8,10-11H2. The molecule has 0 saturated carbocycles. The van der Waals surface area contributed by atoms with Gasteiger partial charge in [-0.15, -0.1) is 0 Å². The molecule has 1 aromatic rings. The highest BCUT2D eigenvalue weighted by Crippen LogP contribution is 2.15. The second-order valence-corrected chi connectivity index (χ2v) is 4.77. The van der Waals surface area contributed by atoms with Gasteiger partial charge in [-0.2, -0.15) is 0 Å². The summed E-state index contributed by atoms with van der Waals surface area (Å²) in [6, 6.07) is 3.88. The van der Waals surface area contributed by atoms with Gasteiger partial charge in [-0.25, -0.2) is 0 Å². The molecule has 1 unspecified atom stereocenters. The van der Waals surface area contributed by atoms with Crippen LogP contribution in [0.5, 0.6) is 0 Å². The molecule has 7 nitrogen and oxygen atoms in total. The number of azide groups is 1. The van der Waals surface area contributed by atoms with E-state index in [0.717, 1.165) is 37.1 Å². The molecule has 1 aliphatic heterocycles. The molecule has 2 rings (SSSR count). The summed E-state index contributed by atoms with van der Waals surface area (Å²) < 4.78 is 16.5. The number of rotatable bonds is 8. The van der Waals surface area contributed by atoms with Crippen molar-refractivity contribution in [2.75, 3.05) is 19.8 Å². The predicted molar refractivity (Wildman–Crippen MR) is 76.3 cm³/mol. The highest BCUT2D eigenvalue weighted by atomic mass is 16.7. The van der Waals surface area contributed by atoms with Crippen molar-refractivity contribution in [2.24, 2.45) is 5.11 Å². The molecule has 0 aromatic carbocycles. The Labute approximate surface area is 123 Å². The van der Waals surface area contributed by atoms with Crippen LogP contribution in [0, 0.1) is 0 Å². The molecular formula is C14H20N4O3. The van der Waals surface area contributed by atoms with E-state index in [1.165, 1.54) is 0 Å². The number of aromatic nitrogens is 1. The Morgan fingerprint density at radius 3 is 3.05 bits per heavy atom. The quantitative estimate of drug-likeness (QED) is 0.319. The Kier molecular flexibility index (Phi) is 6.97. The van der Waals surface area contributed by atoms with Crippen LogP contribution in [0.4, 0.5) is 0 Å². The van der Waals surface area contributed by atoms with E-state index in [1.807, 2.05) is 12.1 Å². The van der Waals surface area contributed by atoms with E-state index >= 15 is 0 Å². The van der Waals surface area contributed by atoms with Crippen LogP contribution in [0.2, 0.25) is 0 Å². The van der Waals surface area contributed by atoms with Crippen LogP contribution in [0.25, 0.3) is 10.4 Å². The van der Waals surface area contributed by atoms with Gasteiger partial charge in [-0.3, -0.25) is 4.98 Å². The van der Waals surface area contributed by atoms with Crippen molar-refractivity contribution in [1.29, 1.82) is 0 Å². The van der Waals surface area contributed by atoms with E-state index < -0.39 is 0 Å². The van der Waals surface area contributed by atoms with Gasteiger partial charge >= 0.3 is 0 Å². The summed E-state index contributed by atoms with van der Waals surface area (Å²) in [5.41, 5.74) is 9.99. The third kappa shape index (κ3) is 6.10. The predicted octanol–water partition coefficient (Wildman–Crippen LogP) is 2.95. The van der Waals surface area contributed by atoms with Crippen LogP contribution < -0.4 is 0 Å². The van der Waals surface area contributed by atoms with Gasteiger partial charge in [0, 0.05) is 24.3 Å². The largest absolute Gasteiger partial charge is 0.377 e. The molecule has 0 spiro atoms. The first-order chi connectivity index (χ1) is 10.4. The topological polar surface area (TPSA) is 89.3 Å². The molecule has 21 heavy (non-hydrogen) atoms. The fourth-order valence-electron chi connectivity index (χ4n) is 1.99. The van der Waals surface area contributed by atoms with E-state index in [2.05, 4.69) is 15.0 Å². The van der Waals surface area contributed by atoms with Gasteiger partial charge in [0.1, 0.15) is 0 Å². The molecule has 0 bridgehead atoms. The van der Waals surface area contributed by atoms with Gasteiger partial charge in [0.25, 0.3) is 0 Å². The second kappa shape index (κ2) is 9.31. The molecule has 7 heteroatoms. The van der Waals surface area contributed by atoms with E-state index in [1.54, 1.807) is 6.20 Å². The average Bonchev–Trinajstić information content (AvgIpc) is 2.55. The third-order valence-corrected chi connectivity index (χ3v) is 3.11. The molecule has 1 saturated heterocycles. The average molecular weight is 292 g/mol. The lowest BCUT2D eigenvalue weighted by Crippen LogP contribution is -2.22. The first-order valence-corrected chi connectivity index (χ1v) is 7.14. The van der Waals surface area contributed by atoms with Gasteiger partial charge in [-0.05, 0) is 36.4 Å². The fourth-order valence-corrected chi connectivity index (χ4v) is 1.99. The van der Waals surface area contributed by atoms with Crippen LogP contribution in [-0.2, 0) is 27.4 Å². The number of nitrogens with zero attached hydrogens (tertiary/aromatic N) is 4. The Bertz CT molecular complexity index is 454. The Morgan fingerprint density at radius 2 is 2.33 bits per heavy atom. The fraction of sp³-hybridized carbons (Fsp3) is 0.643. The highest BCUT2D eigenvalue weighted by molar-refractivity contribution is 5.12. The molecule has 1 aliphatic rings. The lowest BCUT2D eigenvalue weighted by molar-refractivity contribution is -0.169. The van der Waals surface area contributed by atoms with Gasteiger partial charge in [0.05, 0.1) is 25.5 Å². The normalized spacial score (nSPS) is 18.2. The van der Waals surface area contributed by atoms with Gasteiger partial charge in [0.2, 0.25) is 0 Å². The maximum atomic E-state index is 8.13. The molecule has 1 atom stereocenters. The molecular weight excluding hydrogens is 272 g/mol. The molecule has 1 fully saturated rings. The van der Waals surface area contributed by atoms with Crippen LogP contribution in [-0.4, -0.2) is 31.0 Å². The minimum Gasteiger partial charge on any atom is -0.377 e. The zero-order valence-corrected chi connectivity index (χ0v) is 12.0. The Balaban J connectivity index is 1.67. The van der Waals surface area contributed by atoms with Crippen LogP contribution in [0.3, 0.4) is 0 Å². The maximum absolute atomic E-state index is 8.13. The number of hydrogen-bond donors (Lipinski definition) is 0. The number of ether oxygens (including phenoxy) is 3. The third-order valence-electron chi connectivity index (χ3n) is 3.11. The summed E-state index contributed by atoms with van der Waals surface area (Å²) in [4.78, 5) is 6.99. The summed E-state index contributed by atoms with van der Waals surface area (Å²) in [6.07, 6.45) is 4.91. The molecule has 0 radical (unpaired) electrons. The summed E-state index contributed by atoms with van der Waals surface area (Å²) >= 11 is 0. The Morgan fingerprint density at radius 1 is 1.38 bits per heavy atom. The number of pyridine rings is 1. The maximum Gasteiger partial charge on any atom is 0.158 e. The van der Waals surface area contributed by atoms with E-state index in [9.17, 15) is 0 Å². The number of hydrogen-bond acceptors (Lipinski definition) is 5. The van der Waals surface area contributed by atoms with Crippen molar-refractivity contribution in [2.45, 2.75) is 38.8 Å². The summed E-state index contributed by atoms with van der Waals surface area (Å²) in [7, 11) is 0. The van der Waals surface area contributed by atoms with Crippen molar-refractivity contribution >= 4 is 0 Å². The first-order valence-electron chi connectivity index (χ1n) is 7.14. The SMILES string of the molecule is [N-]=[N+]=NCCOCc1ccc(COC2CCCCO2)nc1. The molecule has 114 valence electrons. The lowest BCUT2D eigenvalue weighted by Gasteiger charge is -2.22. The first kappa shape index (κ1) is 15.7. The molecule has 0 aliphatic carbocycles. The monoisotopic (exact) mass is 292 g/mol.